The fourth-order valence-electron chi connectivity index (χ4n) is 1.64. The van der Waals surface area contributed by atoms with E-state index in [9.17, 15) is 13.6 Å². The highest BCUT2D eigenvalue weighted by molar-refractivity contribution is 6.31. The van der Waals surface area contributed by atoms with Gasteiger partial charge in [-0.3, -0.25) is 9.78 Å². The Morgan fingerprint density at radius 2 is 1.95 bits per heavy atom. The molecule has 0 atom stereocenters. The number of benzene rings is 1. The van der Waals surface area contributed by atoms with Crippen molar-refractivity contribution >= 4 is 17.4 Å². The predicted molar refractivity (Wildman–Crippen MR) is 70.4 cm³/mol. The summed E-state index contributed by atoms with van der Waals surface area (Å²) in [6.07, 6.45) is 3.13. The number of hydrogen-bond donors (Lipinski definition) is 0. The summed E-state index contributed by atoms with van der Waals surface area (Å²) < 4.78 is 28.2. The van der Waals surface area contributed by atoms with Crippen LogP contribution in [0.25, 0.3) is 0 Å². The molecule has 0 bridgehead atoms. The minimum absolute atomic E-state index is 0.0125. The molecule has 104 valence electrons. The van der Waals surface area contributed by atoms with Crippen molar-refractivity contribution in [3.8, 4) is 5.75 Å². The Balaban J connectivity index is 2.08. The molecule has 0 aliphatic rings. The van der Waals surface area contributed by atoms with Crippen LogP contribution in [0, 0.1) is 0 Å². The van der Waals surface area contributed by atoms with Crippen molar-refractivity contribution in [1.29, 1.82) is 0 Å². The number of aromatic nitrogens is 1. The number of halogens is 3. The van der Waals surface area contributed by atoms with Crippen LogP contribution in [-0.2, 0) is 6.42 Å². The Hall–Kier alpha value is -2.01. The van der Waals surface area contributed by atoms with E-state index in [4.69, 9.17) is 11.6 Å². The van der Waals surface area contributed by atoms with E-state index in [-0.39, 0.29) is 18.0 Å². The van der Waals surface area contributed by atoms with Gasteiger partial charge in [-0.25, -0.2) is 0 Å². The van der Waals surface area contributed by atoms with E-state index in [1.807, 2.05) is 0 Å². The van der Waals surface area contributed by atoms with Crippen LogP contribution in [0.1, 0.15) is 15.9 Å². The van der Waals surface area contributed by atoms with Crippen molar-refractivity contribution in [2.45, 2.75) is 13.0 Å². The lowest BCUT2D eigenvalue weighted by molar-refractivity contribution is -0.0498. The van der Waals surface area contributed by atoms with Crippen LogP contribution < -0.4 is 4.74 Å². The summed E-state index contributed by atoms with van der Waals surface area (Å²) in [5.74, 6) is -0.153. The zero-order valence-electron chi connectivity index (χ0n) is 10.2. The van der Waals surface area contributed by atoms with Gasteiger partial charge in [-0.2, -0.15) is 8.78 Å². The van der Waals surface area contributed by atoms with Crippen molar-refractivity contribution in [2.24, 2.45) is 0 Å². The van der Waals surface area contributed by atoms with Gasteiger partial charge in [-0.1, -0.05) is 11.6 Å². The Morgan fingerprint density at radius 3 is 2.55 bits per heavy atom. The first kappa shape index (κ1) is 14.4. The van der Waals surface area contributed by atoms with Gasteiger partial charge in [-0.05, 0) is 35.9 Å². The van der Waals surface area contributed by atoms with Crippen molar-refractivity contribution in [3.05, 3.63) is 58.9 Å². The van der Waals surface area contributed by atoms with Crippen molar-refractivity contribution in [2.75, 3.05) is 0 Å². The molecule has 6 heteroatoms. The normalized spacial score (nSPS) is 10.6. The summed E-state index contributed by atoms with van der Waals surface area (Å²) in [6.45, 7) is -2.88. The van der Waals surface area contributed by atoms with Gasteiger partial charge in [0.2, 0.25) is 0 Å². The first-order chi connectivity index (χ1) is 9.56. The molecule has 0 aliphatic heterocycles. The first-order valence-corrected chi connectivity index (χ1v) is 6.10. The molecule has 3 nitrogen and oxygen atoms in total. The zero-order valence-corrected chi connectivity index (χ0v) is 11.0. The summed E-state index contributed by atoms with van der Waals surface area (Å²) in [4.78, 5) is 15.9. The molecule has 1 aromatic carbocycles. The minimum Gasteiger partial charge on any atom is -0.435 e. The number of nitrogens with zero attached hydrogens (tertiary/aromatic N) is 1. The second-order valence-corrected chi connectivity index (χ2v) is 4.38. The third kappa shape index (κ3) is 3.74. The molecule has 0 aliphatic carbocycles. The number of ketones is 1. The number of pyridine rings is 1. The quantitative estimate of drug-likeness (QED) is 0.789. The Labute approximate surface area is 119 Å². The summed E-state index contributed by atoms with van der Waals surface area (Å²) in [5, 5.41) is 0.415. The summed E-state index contributed by atoms with van der Waals surface area (Å²) in [6, 6.07) is 7.19. The molecule has 0 unspecified atom stereocenters. The average Bonchev–Trinajstić information content (AvgIpc) is 2.41. The van der Waals surface area contributed by atoms with Crippen molar-refractivity contribution in [3.63, 3.8) is 0 Å². The molecular weight excluding hydrogens is 288 g/mol. The fraction of sp³-hybridized carbons (Fsp3) is 0.143. The van der Waals surface area contributed by atoms with Gasteiger partial charge in [0, 0.05) is 24.4 Å². The lowest BCUT2D eigenvalue weighted by atomic mass is 10.0. The van der Waals surface area contributed by atoms with E-state index < -0.39 is 6.61 Å². The second kappa shape index (κ2) is 6.43. The van der Waals surface area contributed by atoms with Crippen molar-refractivity contribution < 1.29 is 18.3 Å². The first-order valence-electron chi connectivity index (χ1n) is 5.72. The van der Waals surface area contributed by atoms with Crippen LogP contribution in [-0.4, -0.2) is 17.4 Å². The van der Waals surface area contributed by atoms with Crippen LogP contribution in [0.15, 0.2) is 42.7 Å². The van der Waals surface area contributed by atoms with E-state index in [1.54, 1.807) is 12.3 Å². The molecule has 2 aromatic rings. The van der Waals surface area contributed by atoms with Gasteiger partial charge in [0.05, 0.1) is 5.02 Å². The van der Waals surface area contributed by atoms with Crippen LogP contribution in [0.5, 0.6) is 5.75 Å². The molecule has 0 amide bonds. The van der Waals surface area contributed by atoms with Gasteiger partial charge < -0.3 is 4.74 Å². The van der Waals surface area contributed by atoms with Gasteiger partial charge in [0.15, 0.2) is 5.78 Å². The van der Waals surface area contributed by atoms with E-state index >= 15 is 0 Å². The smallest absolute Gasteiger partial charge is 0.387 e. The third-order valence-corrected chi connectivity index (χ3v) is 2.95. The molecule has 0 saturated carbocycles. The topological polar surface area (TPSA) is 39.2 Å². The number of Topliss-reactive ketones (excluding diaryl/α,β-unsaturated/α-hetero) is 1. The average molecular weight is 298 g/mol. The van der Waals surface area contributed by atoms with Gasteiger partial charge in [0.1, 0.15) is 5.75 Å². The van der Waals surface area contributed by atoms with Crippen LogP contribution in [0.2, 0.25) is 5.02 Å². The molecule has 0 radical (unpaired) electrons. The molecule has 0 fully saturated rings. The molecule has 0 saturated heterocycles. The van der Waals surface area contributed by atoms with E-state index in [0.717, 1.165) is 0 Å². The molecule has 0 N–H and O–H groups in total. The lowest BCUT2D eigenvalue weighted by Gasteiger charge is -2.06. The monoisotopic (exact) mass is 297 g/mol. The molecular formula is C14H10ClF2NO2. The van der Waals surface area contributed by atoms with Crippen LogP contribution >= 0.6 is 11.6 Å². The van der Waals surface area contributed by atoms with Crippen molar-refractivity contribution in [1.82, 2.24) is 4.98 Å². The lowest BCUT2D eigenvalue weighted by Crippen LogP contribution is -2.05. The molecule has 2 rings (SSSR count). The van der Waals surface area contributed by atoms with E-state index in [0.29, 0.717) is 16.1 Å². The van der Waals surface area contributed by atoms with Gasteiger partial charge in [0.25, 0.3) is 0 Å². The van der Waals surface area contributed by atoms with E-state index in [2.05, 4.69) is 9.72 Å². The molecule has 20 heavy (non-hydrogen) atoms. The largest absolute Gasteiger partial charge is 0.435 e. The Bertz CT molecular complexity index is 602. The van der Waals surface area contributed by atoms with E-state index in [1.165, 1.54) is 30.5 Å². The fourth-order valence-corrected chi connectivity index (χ4v) is 1.83. The summed E-state index contributed by atoms with van der Waals surface area (Å²) in [7, 11) is 0. The predicted octanol–water partition coefficient (Wildman–Crippen LogP) is 3.76. The second-order valence-electron chi connectivity index (χ2n) is 3.97. The standard InChI is InChI=1S/C14H10ClF2NO2/c15-12-8-18-6-5-10(12)7-13(19)9-1-3-11(4-2-9)20-14(16)17/h1-6,8,14H,7H2. The zero-order chi connectivity index (χ0) is 14.5. The molecule has 0 spiro atoms. The number of hydrogen-bond acceptors (Lipinski definition) is 3. The number of carbonyl (C=O) groups excluding carboxylic acids is 1. The number of rotatable bonds is 5. The summed E-state index contributed by atoms with van der Waals surface area (Å²) in [5.41, 5.74) is 1.07. The maximum absolute atomic E-state index is 12.0. The number of carbonyl (C=O) groups is 1. The maximum Gasteiger partial charge on any atom is 0.387 e. The Kier molecular flexibility index (Phi) is 4.63. The van der Waals surface area contributed by atoms with Gasteiger partial charge in [-0.15, -0.1) is 0 Å². The highest BCUT2D eigenvalue weighted by atomic mass is 35.5. The molecule has 1 aromatic heterocycles. The summed E-state index contributed by atoms with van der Waals surface area (Å²) >= 11 is 5.92. The number of alkyl halides is 2. The van der Waals surface area contributed by atoms with Gasteiger partial charge >= 0.3 is 6.61 Å². The van der Waals surface area contributed by atoms with Crippen LogP contribution in [0.3, 0.4) is 0 Å². The highest BCUT2D eigenvalue weighted by Gasteiger charge is 2.10. The SMILES string of the molecule is O=C(Cc1ccncc1Cl)c1ccc(OC(F)F)cc1. The van der Waals surface area contributed by atoms with Crippen LogP contribution in [0.4, 0.5) is 8.78 Å². The highest BCUT2D eigenvalue weighted by Crippen LogP contribution is 2.19. The Morgan fingerprint density at radius 1 is 1.25 bits per heavy atom. The number of ether oxygens (including phenoxy) is 1. The third-order valence-electron chi connectivity index (χ3n) is 2.61. The maximum atomic E-state index is 12.0. The minimum atomic E-state index is -2.88. The molecule has 1 heterocycles.